The zero-order chi connectivity index (χ0) is 16.5. The van der Waals surface area contributed by atoms with Crippen molar-refractivity contribution >= 4 is 17.3 Å². The Morgan fingerprint density at radius 3 is 2.67 bits per heavy atom. The lowest BCUT2D eigenvalue weighted by Crippen LogP contribution is -1.92. The number of H-pyrrole nitrogens is 1. The molecular formula is C20H15N3O. The first-order valence-corrected chi connectivity index (χ1v) is 7.72. The molecule has 0 unspecified atom stereocenters. The number of carbonyl (C=O) groups excluding carboxylic acids is 1. The number of aryl methyl sites for hydroxylation is 1. The lowest BCUT2D eigenvalue weighted by atomic mass is 10.00. The Bertz CT molecular complexity index is 1050. The minimum absolute atomic E-state index is 0.656. The number of hydrogen-bond acceptors (Lipinski definition) is 3. The Morgan fingerprint density at radius 2 is 1.83 bits per heavy atom. The van der Waals surface area contributed by atoms with Crippen molar-refractivity contribution < 1.29 is 4.79 Å². The summed E-state index contributed by atoms with van der Waals surface area (Å²) in [5.74, 6) is 0. The Hall–Kier alpha value is -3.27. The highest BCUT2D eigenvalue weighted by Gasteiger charge is 2.11. The van der Waals surface area contributed by atoms with Gasteiger partial charge in [-0.2, -0.15) is 0 Å². The Kier molecular flexibility index (Phi) is 3.43. The van der Waals surface area contributed by atoms with Gasteiger partial charge in [0.25, 0.3) is 0 Å². The van der Waals surface area contributed by atoms with Gasteiger partial charge < -0.3 is 4.98 Å². The maximum Gasteiger partial charge on any atom is 0.150 e. The highest BCUT2D eigenvalue weighted by molar-refractivity contribution is 5.96. The van der Waals surface area contributed by atoms with Gasteiger partial charge in [0.2, 0.25) is 0 Å². The van der Waals surface area contributed by atoms with E-state index >= 15 is 0 Å². The van der Waals surface area contributed by atoms with Crippen LogP contribution in [0, 0.1) is 6.92 Å². The molecule has 1 N–H and O–H groups in total. The molecule has 0 saturated heterocycles. The van der Waals surface area contributed by atoms with Crippen LogP contribution in [0.5, 0.6) is 0 Å². The van der Waals surface area contributed by atoms with Crippen molar-refractivity contribution in [2.24, 2.45) is 0 Å². The molecule has 0 atom stereocenters. The number of carbonyl (C=O) groups is 1. The Labute approximate surface area is 139 Å². The first-order valence-electron chi connectivity index (χ1n) is 7.72. The molecular weight excluding hydrogens is 298 g/mol. The number of rotatable bonds is 3. The van der Waals surface area contributed by atoms with Crippen molar-refractivity contribution in [1.29, 1.82) is 0 Å². The summed E-state index contributed by atoms with van der Waals surface area (Å²) in [6.45, 7) is 1.96. The smallest absolute Gasteiger partial charge is 0.150 e. The zero-order valence-corrected chi connectivity index (χ0v) is 13.2. The number of nitrogens with zero attached hydrogens (tertiary/aromatic N) is 2. The fourth-order valence-electron chi connectivity index (χ4n) is 2.87. The molecule has 0 aliphatic heterocycles. The van der Waals surface area contributed by atoms with Crippen LogP contribution in [-0.4, -0.2) is 21.2 Å². The van der Waals surface area contributed by atoms with Gasteiger partial charge in [0.15, 0.2) is 0 Å². The molecule has 3 aromatic heterocycles. The largest absolute Gasteiger partial charge is 0.346 e. The topological polar surface area (TPSA) is 58.6 Å². The molecule has 116 valence electrons. The molecule has 3 heterocycles. The van der Waals surface area contributed by atoms with Crippen molar-refractivity contribution in [2.75, 3.05) is 0 Å². The minimum atomic E-state index is 0.656. The van der Waals surface area contributed by atoms with E-state index in [0.717, 1.165) is 45.5 Å². The fourth-order valence-corrected chi connectivity index (χ4v) is 2.87. The summed E-state index contributed by atoms with van der Waals surface area (Å²) in [4.78, 5) is 23.5. The van der Waals surface area contributed by atoms with Crippen LogP contribution >= 0.6 is 0 Å². The quantitative estimate of drug-likeness (QED) is 0.570. The van der Waals surface area contributed by atoms with E-state index in [1.807, 2.05) is 61.7 Å². The van der Waals surface area contributed by atoms with E-state index in [1.54, 1.807) is 6.07 Å². The van der Waals surface area contributed by atoms with Crippen LogP contribution in [0.25, 0.3) is 33.5 Å². The molecule has 0 radical (unpaired) electrons. The van der Waals surface area contributed by atoms with Gasteiger partial charge in [0.1, 0.15) is 11.9 Å². The second-order valence-corrected chi connectivity index (χ2v) is 5.70. The van der Waals surface area contributed by atoms with Crippen LogP contribution in [0.3, 0.4) is 0 Å². The van der Waals surface area contributed by atoms with Crippen molar-refractivity contribution in [3.05, 3.63) is 72.1 Å². The van der Waals surface area contributed by atoms with Gasteiger partial charge in [-0.3, -0.25) is 9.78 Å². The lowest BCUT2D eigenvalue weighted by Gasteiger charge is -2.08. The summed E-state index contributed by atoms with van der Waals surface area (Å²) in [5, 5.41) is 1.02. The molecule has 4 nitrogen and oxygen atoms in total. The van der Waals surface area contributed by atoms with Crippen molar-refractivity contribution in [3.63, 3.8) is 0 Å². The van der Waals surface area contributed by atoms with Crippen LogP contribution in [0.15, 0.2) is 60.8 Å². The number of hydrogen-bond donors (Lipinski definition) is 1. The third-order valence-electron chi connectivity index (χ3n) is 4.01. The molecule has 4 rings (SSSR count). The summed E-state index contributed by atoms with van der Waals surface area (Å²) >= 11 is 0. The number of benzene rings is 1. The second-order valence-electron chi connectivity index (χ2n) is 5.70. The molecule has 1 aromatic carbocycles. The van der Waals surface area contributed by atoms with Gasteiger partial charge in [-0.1, -0.05) is 24.3 Å². The SMILES string of the molecule is Cc1cccc(-c2cc(-c3cccc(C=O)c3)c3cc[nH]c3n2)n1. The average Bonchev–Trinajstić information content (AvgIpc) is 3.09. The molecule has 4 aromatic rings. The first-order chi connectivity index (χ1) is 11.7. The molecule has 0 fully saturated rings. The van der Waals surface area contributed by atoms with E-state index < -0.39 is 0 Å². The second kappa shape index (κ2) is 5.74. The Balaban J connectivity index is 1.97. The summed E-state index contributed by atoms with van der Waals surface area (Å²) in [5.41, 5.74) is 6.07. The summed E-state index contributed by atoms with van der Waals surface area (Å²) < 4.78 is 0. The zero-order valence-electron chi connectivity index (χ0n) is 13.2. The van der Waals surface area contributed by atoms with E-state index in [9.17, 15) is 4.79 Å². The summed E-state index contributed by atoms with van der Waals surface area (Å²) in [7, 11) is 0. The normalized spacial score (nSPS) is 10.9. The number of nitrogens with one attached hydrogen (secondary N) is 1. The molecule has 0 spiro atoms. The van der Waals surface area contributed by atoms with Gasteiger partial charge in [0.05, 0.1) is 11.4 Å². The molecule has 0 bridgehead atoms. The van der Waals surface area contributed by atoms with Crippen molar-refractivity contribution in [3.8, 4) is 22.5 Å². The van der Waals surface area contributed by atoms with Gasteiger partial charge in [-0.05, 0) is 48.4 Å². The number of aromatic nitrogens is 3. The van der Waals surface area contributed by atoms with E-state index in [-0.39, 0.29) is 0 Å². The predicted molar refractivity (Wildman–Crippen MR) is 94.9 cm³/mol. The summed E-state index contributed by atoms with van der Waals surface area (Å²) in [6.07, 6.45) is 2.74. The third-order valence-corrected chi connectivity index (χ3v) is 4.01. The van der Waals surface area contributed by atoms with Gasteiger partial charge >= 0.3 is 0 Å². The summed E-state index contributed by atoms with van der Waals surface area (Å²) in [6, 6.07) is 17.5. The molecule has 24 heavy (non-hydrogen) atoms. The fraction of sp³-hybridized carbons (Fsp3) is 0.0500. The predicted octanol–water partition coefficient (Wildman–Crippen LogP) is 4.41. The van der Waals surface area contributed by atoms with Crippen molar-refractivity contribution in [1.82, 2.24) is 15.0 Å². The maximum atomic E-state index is 11.1. The lowest BCUT2D eigenvalue weighted by molar-refractivity contribution is 0.112. The van der Waals surface area contributed by atoms with E-state index in [0.29, 0.717) is 5.56 Å². The minimum Gasteiger partial charge on any atom is -0.346 e. The first kappa shape index (κ1) is 14.3. The monoisotopic (exact) mass is 313 g/mol. The molecule has 0 aliphatic rings. The van der Waals surface area contributed by atoms with E-state index in [2.05, 4.69) is 15.0 Å². The van der Waals surface area contributed by atoms with Gasteiger partial charge in [-0.25, -0.2) is 4.98 Å². The number of fused-ring (bicyclic) bond motifs is 1. The van der Waals surface area contributed by atoms with Crippen molar-refractivity contribution in [2.45, 2.75) is 6.92 Å². The number of aromatic amines is 1. The standard InChI is InChI=1S/C20H15N3O/c1-13-4-2-7-18(22-13)19-11-17(16-8-9-21-20(16)23-19)15-6-3-5-14(10-15)12-24/h2-12H,1H3,(H,21,23). The van der Waals surface area contributed by atoms with E-state index in [4.69, 9.17) is 0 Å². The van der Waals surface area contributed by atoms with Crippen LogP contribution < -0.4 is 0 Å². The van der Waals surface area contributed by atoms with Gasteiger partial charge in [-0.15, -0.1) is 0 Å². The highest BCUT2D eigenvalue weighted by Crippen LogP contribution is 2.31. The third kappa shape index (κ3) is 2.48. The highest BCUT2D eigenvalue weighted by atomic mass is 16.1. The number of aldehydes is 1. The molecule has 0 saturated carbocycles. The Morgan fingerprint density at radius 1 is 0.958 bits per heavy atom. The van der Waals surface area contributed by atoms with Gasteiger partial charge in [0, 0.05) is 22.8 Å². The maximum absolute atomic E-state index is 11.1. The van der Waals surface area contributed by atoms with Crippen LogP contribution in [0.4, 0.5) is 0 Å². The van der Waals surface area contributed by atoms with E-state index in [1.165, 1.54) is 0 Å². The molecule has 4 heteroatoms. The van der Waals surface area contributed by atoms with Crippen LogP contribution in [0.2, 0.25) is 0 Å². The van der Waals surface area contributed by atoms with Crippen LogP contribution in [-0.2, 0) is 0 Å². The molecule has 0 amide bonds. The average molecular weight is 313 g/mol. The van der Waals surface area contributed by atoms with Crippen LogP contribution in [0.1, 0.15) is 16.1 Å². The number of pyridine rings is 2. The molecule has 0 aliphatic carbocycles.